The molecule has 1 aliphatic heterocycles. The molecule has 0 radical (unpaired) electrons. The molecule has 1 atom stereocenters. The van der Waals surface area contributed by atoms with Crippen molar-refractivity contribution in [3.63, 3.8) is 0 Å². The molecule has 0 fully saturated rings. The third kappa shape index (κ3) is 3.63. The molecule has 2 rings (SSSR count). The summed E-state index contributed by atoms with van der Waals surface area (Å²) in [6, 6.07) is 5.65. The first-order valence-corrected chi connectivity index (χ1v) is 6.70. The van der Waals surface area contributed by atoms with Crippen molar-refractivity contribution in [2.45, 2.75) is 32.8 Å². The van der Waals surface area contributed by atoms with Crippen LogP contribution in [0.4, 0.5) is 0 Å². The molecule has 1 unspecified atom stereocenters. The van der Waals surface area contributed by atoms with Crippen LogP contribution in [0.2, 0.25) is 0 Å². The van der Waals surface area contributed by atoms with Crippen molar-refractivity contribution in [2.24, 2.45) is 11.7 Å². The maximum absolute atomic E-state index is 12.1. The number of fused-ring (bicyclic) bond motifs is 1. The Hall–Kier alpha value is -1.75. The van der Waals surface area contributed by atoms with Gasteiger partial charge in [-0.3, -0.25) is 4.79 Å². The molecular weight excluding hydrogens is 258 g/mol. The highest BCUT2D eigenvalue weighted by Crippen LogP contribution is 2.33. The van der Waals surface area contributed by atoms with Gasteiger partial charge in [0.2, 0.25) is 6.79 Å². The summed E-state index contributed by atoms with van der Waals surface area (Å²) in [5.74, 6) is 0.824. The summed E-state index contributed by atoms with van der Waals surface area (Å²) in [6.07, 6.45) is 0.530. The Morgan fingerprint density at radius 1 is 1.35 bits per heavy atom. The third-order valence-corrected chi connectivity index (χ3v) is 2.94. The van der Waals surface area contributed by atoms with Gasteiger partial charge in [-0.2, -0.15) is 0 Å². The molecule has 0 aliphatic carbocycles. The van der Waals surface area contributed by atoms with Crippen LogP contribution in [-0.4, -0.2) is 24.9 Å². The highest BCUT2D eigenvalue weighted by molar-refractivity contribution is 5.73. The fraction of sp³-hybridized carbons (Fsp3) is 0.533. The van der Waals surface area contributed by atoms with Crippen molar-refractivity contribution >= 4 is 5.97 Å². The zero-order chi connectivity index (χ0) is 14.8. The van der Waals surface area contributed by atoms with E-state index in [2.05, 4.69) is 0 Å². The van der Waals surface area contributed by atoms with Gasteiger partial charge in [0.05, 0.1) is 5.92 Å². The van der Waals surface area contributed by atoms with Gasteiger partial charge in [-0.1, -0.05) is 6.07 Å². The number of carbonyl (C=O) groups is 1. The predicted molar refractivity (Wildman–Crippen MR) is 74.7 cm³/mol. The molecule has 0 amide bonds. The van der Waals surface area contributed by atoms with Gasteiger partial charge in [-0.25, -0.2) is 0 Å². The second-order valence-corrected chi connectivity index (χ2v) is 5.86. The van der Waals surface area contributed by atoms with Gasteiger partial charge in [-0.15, -0.1) is 0 Å². The number of hydrogen-bond donors (Lipinski definition) is 1. The number of nitrogens with two attached hydrogens (primary N) is 1. The van der Waals surface area contributed by atoms with Crippen LogP contribution in [-0.2, 0) is 16.0 Å². The molecule has 0 saturated carbocycles. The Balaban J connectivity index is 2.04. The van der Waals surface area contributed by atoms with E-state index in [0.717, 1.165) is 11.3 Å². The zero-order valence-corrected chi connectivity index (χ0v) is 12.1. The molecule has 1 heterocycles. The minimum Gasteiger partial charge on any atom is -0.460 e. The molecule has 0 bridgehead atoms. The van der Waals surface area contributed by atoms with E-state index in [1.54, 1.807) is 0 Å². The smallest absolute Gasteiger partial charge is 0.311 e. The number of esters is 1. The van der Waals surface area contributed by atoms with Crippen LogP contribution in [0.15, 0.2) is 18.2 Å². The predicted octanol–water partition coefficient (Wildman–Crippen LogP) is 1.87. The minimum atomic E-state index is -0.501. The van der Waals surface area contributed by atoms with Crippen molar-refractivity contribution in [1.82, 2.24) is 0 Å². The Morgan fingerprint density at radius 2 is 2.05 bits per heavy atom. The molecular formula is C15H21NO4. The van der Waals surface area contributed by atoms with E-state index in [4.69, 9.17) is 19.9 Å². The van der Waals surface area contributed by atoms with Crippen molar-refractivity contribution in [1.29, 1.82) is 0 Å². The summed E-state index contributed by atoms with van der Waals surface area (Å²) in [7, 11) is 0. The first-order chi connectivity index (χ1) is 9.39. The summed E-state index contributed by atoms with van der Waals surface area (Å²) in [5.41, 5.74) is 6.18. The maximum atomic E-state index is 12.1. The molecule has 2 N–H and O–H groups in total. The van der Waals surface area contributed by atoms with E-state index in [1.807, 2.05) is 39.0 Å². The molecule has 1 aromatic rings. The van der Waals surface area contributed by atoms with E-state index in [1.165, 1.54) is 0 Å². The van der Waals surface area contributed by atoms with Gasteiger partial charge < -0.3 is 19.9 Å². The number of ether oxygens (including phenoxy) is 3. The second-order valence-electron chi connectivity index (χ2n) is 5.86. The van der Waals surface area contributed by atoms with Crippen molar-refractivity contribution in [3.05, 3.63) is 23.8 Å². The lowest BCUT2D eigenvalue weighted by Gasteiger charge is -2.23. The molecule has 0 spiro atoms. The van der Waals surface area contributed by atoms with Crippen LogP contribution in [0.1, 0.15) is 26.3 Å². The molecule has 1 aromatic carbocycles. The van der Waals surface area contributed by atoms with Crippen LogP contribution in [0, 0.1) is 5.92 Å². The molecule has 5 heteroatoms. The summed E-state index contributed by atoms with van der Waals surface area (Å²) < 4.78 is 16.0. The fourth-order valence-electron chi connectivity index (χ4n) is 2.00. The Bertz CT molecular complexity index is 493. The molecule has 20 heavy (non-hydrogen) atoms. The standard InChI is InChI=1S/C15H21NO4/c1-15(2,3)20-14(17)11(8-16)6-10-4-5-12-13(7-10)19-9-18-12/h4-5,7,11H,6,8-9,16H2,1-3H3. The first kappa shape index (κ1) is 14.7. The summed E-state index contributed by atoms with van der Waals surface area (Å²) in [5, 5.41) is 0. The quantitative estimate of drug-likeness (QED) is 0.852. The zero-order valence-electron chi connectivity index (χ0n) is 12.1. The maximum Gasteiger partial charge on any atom is 0.311 e. The highest BCUT2D eigenvalue weighted by atomic mass is 16.7. The van der Waals surface area contributed by atoms with E-state index < -0.39 is 5.60 Å². The average Bonchev–Trinajstić information content (AvgIpc) is 2.80. The lowest BCUT2D eigenvalue weighted by Crippen LogP contribution is -2.33. The van der Waals surface area contributed by atoms with Crippen LogP contribution in [0.25, 0.3) is 0 Å². The molecule has 0 saturated heterocycles. The molecule has 5 nitrogen and oxygen atoms in total. The Kier molecular flexibility index (Phi) is 4.18. The lowest BCUT2D eigenvalue weighted by atomic mass is 9.99. The highest BCUT2D eigenvalue weighted by Gasteiger charge is 2.25. The van der Waals surface area contributed by atoms with Crippen LogP contribution in [0.5, 0.6) is 11.5 Å². The summed E-state index contributed by atoms with van der Waals surface area (Å²) in [6.45, 7) is 6.03. The van der Waals surface area contributed by atoms with Gasteiger partial charge >= 0.3 is 5.97 Å². The Labute approximate surface area is 119 Å². The van der Waals surface area contributed by atoms with Crippen molar-refractivity contribution < 1.29 is 19.0 Å². The van der Waals surface area contributed by atoms with Gasteiger partial charge in [0, 0.05) is 6.54 Å². The molecule has 1 aliphatic rings. The fourth-order valence-corrected chi connectivity index (χ4v) is 2.00. The third-order valence-electron chi connectivity index (χ3n) is 2.94. The van der Waals surface area contributed by atoms with E-state index in [-0.39, 0.29) is 25.2 Å². The Morgan fingerprint density at radius 3 is 2.70 bits per heavy atom. The minimum absolute atomic E-state index is 0.241. The van der Waals surface area contributed by atoms with Gasteiger partial charge in [0.15, 0.2) is 11.5 Å². The van der Waals surface area contributed by atoms with Crippen molar-refractivity contribution in [3.8, 4) is 11.5 Å². The number of benzene rings is 1. The lowest BCUT2D eigenvalue weighted by molar-refractivity contribution is -0.159. The van der Waals surface area contributed by atoms with Crippen LogP contribution >= 0.6 is 0 Å². The topological polar surface area (TPSA) is 70.8 Å². The van der Waals surface area contributed by atoms with E-state index >= 15 is 0 Å². The number of carbonyl (C=O) groups excluding carboxylic acids is 1. The monoisotopic (exact) mass is 279 g/mol. The van der Waals surface area contributed by atoms with E-state index in [9.17, 15) is 4.79 Å². The molecule has 0 aromatic heterocycles. The van der Waals surface area contributed by atoms with Crippen molar-refractivity contribution in [2.75, 3.05) is 13.3 Å². The molecule has 110 valence electrons. The van der Waals surface area contributed by atoms with Gasteiger partial charge in [0.25, 0.3) is 0 Å². The normalized spacial score (nSPS) is 15.0. The second kappa shape index (κ2) is 5.71. The van der Waals surface area contributed by atoms with E-state index in [0.29, 0.717) is 12.2 Å². The van der Waals surface area contributed by atoms with Crippen LogP contribution in [0.3, 0.4) is 0 Å². The average molecular weight is 279 g/mol. The largest absolute Gasteiger partial charge is 0.460 e. The summed E-state index contributed by atoms with van der Waals surface area (Å²) >= 11 is 0. The van der Waals surface area contributed by atoms with Gasteiger partial charge in [0.1, 0.15) is 5.60 Å². The van der Waals surface area contributed by atoms with Crippen LogP contribution < -0.4 is 15.2 Å². The first-order valence-electron chi connectivity index (χ1n) is 6.70. The summed E-state index contributed by atoms with van der Waals surface area (Å²) in [4.78, 5) is 12.1. The number of hydrogen-bond acceptors (Lipinski definition) is 5. The number of rotatable bonds is 4. The van der Waals surface area contributed by atoms with Gasteiger partial charge in [-0.05, 0) is 44.9 Å². The SMILES string of the molecule is CC(C)(C)OC(=O)C(CN)Cc1ccc2c(c1)OCO2.